The maximum absolute atomic E-state index is 13.6. The summed E-state index contributed by atoms with van der Waals surface area (Å²) >= 11 is 6.31. The van der Waals surface area contributed by atoms with Gasteiger partial charge in [0.2, 0.25) is 0 Å². The van der Waals surface area contributed by atoms with Crippen LogP contribution in [0.4, 0.5) is 5.82 Å². The fourth-order valence-electron chi connectivity index (χ4n) is 4.06. The van der Waals surface area contributed by atoms with E-state index in [1.54, 1.807) is 43.0 Å². The van der Waals surface area contributed by atoms with Crippen molar-refractivity contribution >= 4 is 44.8 Å². The first-order valence-corrected chi connectivity index (χ1v) is 13.0. The summed E-state index contributed by atoms with van der Waals surface area (Å²) in [5, 5.41) is 5.75. The van der Waals surface area contributed by atoms with Crippen molar-refractivity contribution in [1.29, 1.82) is 0 Å². The molecule has 0 fully saturated rings. The van der Waals surface area contributed by atoms with E-state index in [0.29, 0.717) is 45.0 Å². The third kappa shape index (κ3) is 4.21. The number of unbranched alkanes of at least 4 members (excludes halogenated alkanes) is 1. The molecule has 1 atom stereocenters. The van der Waals surface area contributed by atoms with E-state index in [4.69, 9.17) is 16.7 Å². The number of H-pyrrole nitrogens is 1. The van der Waals surface area contributed by atoms with Crippen molar-refractivity contribution in [3.8, 4) is 5.82 Å². The van der Waals surface area contributed by atoms with Crippen LogP contribution in [0.2, 0.25) is 5.02 Å². The molecule has 5 rings (SSSR count). The van der Waals surface area contributed by atoms with Crippen LogP contribution in [0.25, 0.3) is 22.4 Å². The summed E-state index contributed by atoms with van der Waals surface area (Å²) in [6.45, 7) is 3.00. The molecular weight excluding hydrogens is 488 g/mol. The number of rotatable bonds is 8. The lowest BCUT2D eigenvalue weighted by atomic mass is 10.2. The zero-order chi connectivity index (χ0) is 24.5. The standard InChI is InChI=1S/C23H23ClN8O2S/c1-3-4-10-30(22-19-16(35(2)34)12-26-21(19)27-14-28-22)13-18-29-31-11-8-15(24)20(31)23(33)32(18)17-7-5-6-9-25-17/h5-9,11-12,14H,3-4,10,13H2,1-2H3,(H,26,27,28). The van der Waals surface area contributed by atoms with Gasteiger partial charge >= 0.3 is 0 Å². The maximum atomic E-state index is 13.6. The van der Waals surface area contributed by atoms with Crippen molar-refractivity contribution in [1.82, 2.24) is 34.1 Å². The van der Waals surface area contributed by atoms with Gasteiger partial charge in [-0.3, -0.25) is 9.00 Å². The molecule has 5 aromatic rings. The number of nitrogens with zero attached hydrogens (tertiary/aromatic N) is 7. The van der Waals surface area contributed by atoms with Crippen LogP contribution >= 0.6 is 11.6 Å². The molecule has 0 aliphatic heterocycles. The lowest BCUT2D eigenvalue weighted by Gasteiger charge is -2.25. The monoisotopic (exact) mass is 510 g/mol. The third-order valence-electron chi connectivity index (χ3n) is 5.72. The van der Waals surface area contributed by atoms with Crippen LogP contribution in [0.3, 0.4) is 0 Å². The lowest BCUT2D eigenvalue weighted by Crippen LogP contribution is -2.33. The number of aromatic amines is 1. The Kier molecular flexibility index (Phi) is 6.35. The Labute approximate surface area is 208 Å². The molecule has 10 nitrogen and oxygen atoms in total. The first-order chi connectivity index (χ1) is 17.0. The number of pyridine rings is 1. The van der Waals surface area contributed by atoms with Crippen molar-refractivity contribution in [2.24, 2.45) is 0 Å². The van der Waals surface area contributed by atoms with Crippen LogP contribution in [-0.2, 0) is 17.3 Å². The molecule has 0 aromatic carbocycles. The zero-order valence-corrected chi connectivity index (χ0v) is 20.8. The van der Waals surface area contributed by atoms with Gasteiger partial charge in [0.25, 0.3) is 5.56 Å². The first-order valence-electron chi connectivity index (χ1n) is 11.1. The molecule has 0 bridgehead atoms. The molecule has 0 saturated carbocycles. The minimum atomic E-state index is -1.24. The molecule has 0 aliphatic carbocycles. The Morgan fingerprint density at radius 3 is 2.80 bits per heavy atom. The highest BCUT2D eigenvalue weighted by atomic mass is 35.5. The van der Waals surface area contributed by atoms with Crippen LogP contribution in [-0.4, -0.2) is 51.1 Å². The van der Waals surface area contributed by atoms with Crippen molar-refractivity contribution < 1.29 is 4.21 Å². The Balaban J connectivity index is 1.71. The highest BCUT2D eigenvalue weighted by Crippen LogP contribution is 2.29. The average molecular weight is 511 g/mol. The minimum Gasteiger partial charge on any atom is -0.348 e. The fourth-order valence-corrected chi connectivity index (χ4v) is 4.99. The van der Waals surface area contributed by atoms with Gasteiger partial charge in [0.05, 0.1) is 32.6 Å². The highest BCUT2D eigenvalue weighted by molar-refractivity contribution is 7.84. The van der Waals surface area contributed by atoms with Crippen molar-refractivity contribution in [3.63, 3.8) is 0 Å². The van der Waals surface area contributed by atoms with Crippen LogP contribution in [0, 0.1) is 0 Å². The van der Waals surface area contributed by atoms with Crippen molar-refractivity contribution in [2.75, 3.05) is 17.7 Å². The zero-order valence-electron chi connectivity index (χ0n) is 19.2. The number of halogens is 1. The van der Waals surface area contributed by atoms with E-state index in [1.165, 1.54) is 15.4 Å². The van der Waals surface area contributed by atoms with Gasteiger partial charge in [0.15, 0.2) is 5.82 Å². The van der Waals surface area contributed by atoms with E-state index in [2.05, 4.69) is 26.9 Å². The summed E-state index contributed by atoms with van der Waals surface area (Å²) in [7, 11) is -1.24. The maximum Gasteiger partial charge on any atom is 0.285 e. The summed E-state index contributed by atoms with van der Waals surface area (Å²) in [5.74, 6) is 1.54. The van der Waals surface area contributed by atoms with Crippen molar-refractivity contribution in [2.45, 2.75) is 31.2 Å². The topological polar surface area (TPSA) is 114 Å². The van der Waals surface area contributed by atoms with E-state index < -0.39 is 10.8 Å². The summed E-state index contributed by atoms with van der Waals surface area (Å²) in [6, 6.07) is 6.99. The molecule has 0 spiro atoms. The largest absolute Gasteiger partial charge is 0.348 e. The molecule has 0 amide bonds. The minimum absolute atomic E-state index is 0.255. The second kappa shape index (κ2) is 9.59. The van der Waals surface area contributed by atoms with E-state index >= 15 is 0 Å². The molecule has 35 heavy (non-hydrogen) atoms. The van der Waals surface area contributed by atoms with E-state index in [9.17, 15) is 9.00 Å². The summed E-state index contributed by atoms with van der Waals surface area (Å²) in [5.41, 5.74) is 0.563. The van der Waals surface area contributed by atoms with Crippen LogP contribution < -0.4 is 10.5 Å². The normalized spacial score (nSPS) is 12.4. The first kappa shape index (κ1) is 23.2. The number of nitrogens with one attached hydrogen (secondary N) is 1. The number of fused-ring (bicyclic) bond motifs is 2. The quantitative estimate of drug-likeness (QED) is 0.340. The van der Waals surface area contributed by atoms with Crippen LogP contribution in [0.15, 0.2) is 58.9 Å². The second-order valence-corrected chi connectivity index (χ2v) is 9.76. The van der Waals surface area contributed by atoms with Gasteiger partial charge in [-0.25, -0.2) is 24.0 Å². The SMILES string of the molecule is CCCCN(Cc1nn2ccc(Cl)c2c(=O)n1-c1ccccn1)c1ncnc2[nH]cc(S(C)=O)c12. The summed E-state index contributed by atoms with van der Waals surface area (Å²) in [4.78, 5) is 32.6. The Hall–Kier alpha value is -3.57. The highest BCUT2D eigenvalue weighted by Gasteiger charge is 2.23. The molecule has 1 N–H and O–H groups in total. The summed E-state index contributed by atoms with van der Waals surface area (Å²) in [6.07, 6.45) is 9.93. The van der Waals surface area contributed by atoms with E-state index in [0.717, 1.165) is 12.8 Å². The molecular formula is C23H23ClN8O2S. The molecule has 0 saturated heterocycles. The van der Waals surface area contributed by atoms with Gasteiger partial charge in [-0.05, 0) is 24.6 Å². The number of hydrogen-bond acceptors (Lipinski definition) is 7. The van der Waals surface area contributed by atoms with Gasteiger partial charge in [-0.2, -0.15) is 5.10 Å². The van der Waals surface area contributed by atoms with Gasteiger partial charge in [0, 0.05) is 31.4 Å². The molecule has 1 unspecified atom stereocenters. The van der Waals surface area contributed by atoms with Crippen LogP contribution in [0.5, 0.6) is 0 Å². The Morgan fingerprint density at radius 2 is 2.06 bits per heavy atom. The van der Waals surface area contributed by atoms with Gasteiger partial charge in [-0.15, -0.1) is 0 Å². The van der Waals surface area contributed by atoms with Gasteiger partial charge in [0.1, 0.15) is 29.1 Å². The Morgan fingerprint density at radius 1 is 1.20 bits per heavy atom. The van der Waals surface area contributed by atoms with Gasteiger partial charge < -0.3 is 9.88 Å². The Bertz CT molecular complexity index is 1590. The lowest BCUT2D eigenvalue weighted by molar-refractivity contribution is 0.647. The molecule has 12 heteroatoms. The number of anilines is 1. The molecule has 0 radical (unpaired) electrons. The van der Waals surface area contributed by atoms with Gasteiger partial charge in [-0.1, -0.05) is 31.0 Å². The third-order valence-corrected chi connectivity index (χ3v) is 6.97. The summed E-state index contributed by atoms with van der Waals surface area (Å²) < 4.78 is 15.4. The number of hydrogen-bond donors (Lipinski definition) is 1. The molecule has 5 aromatic heterocycles. The van der Waals surface area contributed by atoms with E-state index in [-0.39, 0.29) is 17.6 Å². The predicted molar refractivity (Wildman–Crippen MR) is 136 cm³/mol. The predicted octanol–water partition coefficient (Wildman–Crippen LogP) is 3.35. The molecule has 5 heterocycles. The average Bonchev–Trinajstić information content (AvgIpc) is 3.46. The smallest absolute Gasteiger partial charge is 0.285 e. The van der Waals surface area contributed by atoms with E-state index in [1.807, 2.05) is 11.0 Å². The van der Waals surface area contributed by atoms with Crippen molar-refractivity contribution in [3.05, 3.63) is 70.4 Å². The van der Waals surface area contributed by atoms with Crippen LogP contribution in [0.1, 0.15) is 25.6 Å². The molecule has 180 valence electrons. The number of aromatic nitrogens is 7. The second-order valence-electron chi connectivity index (χ2n) is 8.00. The molecule has 0 aliphatic rings. The fraction of sp³-hybridized carbons (Fsp3) is 0.261.